The zero-order chi connectivity index (χ0) is 14.9. The molecule has 0 heterocycles. The van der Waals surface area contributed by atoms with Crippen LogP contribution in [0.1, 0.15) is 46.1 Å². The highest BCUT2D eigenvalue weighted by molar-refractivity contribution is 9.10. The number of Topliss-reactive ketones (excluding diaryl/α,β-unsaturated/α-hetero) is 1. The standard InChI is InChI=1S/C18H23BrO/c1-12(2)18(4)10-9-13(3)16(17(18)20)11-14-5-7-15(19)8-6-14/h5-8,11-13H,9-10H2,1-4H3/b16-11-/t13-,18+/m0/s1. The first-order valence-electron chi connectivity index (χ1n) is 7.36. The van der Waals surface area contributed by atoms with E-state index in [-0.39, 0.29) is 5.41 Å². The second-order valence-electron chi connectivity index (χ2n) is 6.49. The first kappa shape index (κ1) is 15.5. The third-order valence-corrected chi connectivity index (χ3v) is 5.40. The lowest BCUT2D eigenvalue weighted by Crippen LogP contribution is -2.40. The van der Waals surface area contributed by atoms with Gasteiger partial charge in [0.2, 0.25) is 0 Å². The van der Waals surface area contributed by atoms with Gasteiger partial charge in [-0.3, -0.25) is 4.79 Å². The molecular formula is C18H23BrO. The predicted molar refractivity (Wildman–Crippen MR) is 88.5 cm³/mol. The molecule has 108 valence electrons. The zero-order valence-electron chi connectivity index (χ0n) is 12.7. The molecule has 2 atom stereocenters. The van der Waals surface area contributed by atoms with Crippen LogP contribution in [0.2, 0.25) is 0 Å². The average molecular weight is 335 g/mol. The van der Waals surface area contributed by atoms with Crippen LogP contribution in [0.5, 0.6) is 0 Å². The summed E-state index contributed by atoms with van der Waals surface area (Å²) in [6, 6.07) is 8.15. The summed E-state index contributed by atoms with van der Waals surface area (Å²) >= 11 is 3.44. The van der Waals surface area contributed by atoms with E-state index in [9.17, 15) is 4.79 Å². The van der Waals surface area contributed by atoms with Crippen molar-refractivity contribution in [1.29, 1.82) is 0 Å². The molecule has 1 nitrogen and oxygen atoms in total. The van der Waals surface area contributed by atoms with Gasteiger partial charge in [0, 0.05) is 9.89 Å². The molecule has 1 fully saturated rings. The van der Waals surface area contributed by atoms with Crippen molar-refractivity contribution in [3.63, 3.8) is 0 Å². The van der Waals surface area contributed by atoms with E-state index in [0.717, 1.165) is 28.5 Å². The zero-order valence-corrected chi connectivity index (χ0v) is 14.3. The van der Waals surface area contributed by atoms with Crippen LogP contribution in [0, 0.1) is 17.3 Å². The summed E-state index contributed by atoms with van der Waals surface area (Å²) < 4.78 is 1.06. The first-order valence-corrected chi connectivity index (χ1v) is 8.16. The van der Waals surface area contributed by atoms with Crippen LogP contribution in [0.25, 0.3) is 6.08 Å². The molecule has 0 radical (unpaired) electrons. The normalized spacial score (nSPS) is 29.2. The van der Waals surface area contributed by atoms with Crippen LogP contribution in [0.4, 0.5) is 0 Å². The van der Waals surface area contributed by atoms with E-state index in [0.29, 0.717) is 17.6 Å². The van der Waals surface area contributed by atoms with Crippen molar-refractivity contribution >= 4 is 27.8 Å². The lowest BCUT2D eigenvalue weighted by molar-refractivity contribution is -0.129. The second-order valence-corrected chi connectivity index (χ2v) is 7.41. The molecule has 0 amide bonds. The summed E-state index contributed by atoms with van der Waals surface area (Å²) in [6.07, 6.45) is 4.18. The van der Waals surface area contributed by atoms with Gasteiger partial charge in [-0.2, -0.15) is 0 Å². The van der Waals surface area contributed by atoms with E-state index in [4.69, 9.17) is 0 Å². The minimum Gasteiger partial charge on any atom is -0.294 e. The van der Waals surface area contributed by atoms with Gasteiger partial charge in [-0.1, -0.05) is 55.8 Å². The highest BCUT2D eigenvalue weighted by Gasteiger charge is 2.42. The number of carbonyl (C=O) groups is 1. The molecule has 0 bridgehead atoms. The maximum atomic E-state index is 12.9. The van der Waals surface area contributed by atoms with E-state index in [1.54, 1.807) is 0 Å². The molecule has 2 rings (SSSR count). The monoisotopic (exact) mass is 334 g/mol. The Morgan fingerprint density at radius 1 is 1.30 bits per heavy atom. The molecule has 0 aromatic heterocycles. The molecule has 0 N–H and O–H groups in total. The van der Waals surface area contributed by atoms with Gasteiger partial charge in [0.15, 0.2) is 5.78 Å². The highest BCUT2D eigenvalue weighted by Crippen LogP contribution is 2.44. The van der Waals surface area contributed by atoms with Gasteiger partial charge in [-0.05, 0) is 54.0 Å². The summed E-state index contributed by atoms with van der Waals surface area (Å²) in [5.41, 5.74) is 1.90. The summed E-state index contributed by atoms with van der Waals surface area (Å²) in [4.78, 5) is 12.9. The molecule has 1 aliphatic rings. The topological polar surface area (TPSA) is 17.1 Å². The summed E-state index contributed by atoms with van der Waals surface area (Å²) in [5.74, 6) is 1.09. The fourth-order valence-electron chi connectivity index (χ4n) is 2.84. The van der Waals surface area contributed by atoms with Gasteiger partial charge in [0.1, 0.15) is 0 Å². The Labute approximate surface area is 130 Å². The van der Waals surface area contributed by atoms with E-state index in [1.165, 1.54) is 0 Å². The number of carbonyl (C=O) groups excluding carboxylic acids is 1. The molecule has 0 saturated heterocycles. The van der Waals surface area contributed by atoms with Crippen LogP contribution < -0.4 is 0 Å². The molecule has 0 unspecified atom stereocenters. The van der Waals surface area contributed by atoms with E-state index < -0.39 is 0 Å². The summed E-state index contributed by atoms with van der Waals surface area (Å²) in [6.45, 7) is 8.61. The summed E-state index contributed by atoms with van der Waals surface area (Å²) in [7, 11) is 0. The van der Waals surface area contributed by atoms with Gasteiger partial charge in [-0.15, -0.1) is 0 Å². The number of rotatable bonds is 2. The predicted octanol–water partition coefficient (Wildman–Crippen LogP) is 5.49. The minimum atomic E-state index is -0.201. The van der Waals surface area contributed by atoms with E-state index in [2.05, 4.69) is 61.8 Å². The smallest absolute Gasteiger partial charge is 0.165 e. The fourth-order valence-corrected chi connectivity index (χ4v) is 3.10. The number of hydrogen-bond donors (Lipinski definition) is 0. The van der Waals surface area contributed by atoms with Crippen molar-refractivity contribution in [3.8, 4) is 0 Å². The molecule has 1 aliphatic carbocycles. The quantitative estimate of drug-likeness (QED) is 0.653. The van der Waals surface area contributed by atoms with Gasteiger partial charge in [0.05, 0.1) is 0 Å². The van der Waals surface area contributed by atoms with Gasteiger partial charge in [0.25, 0.3) is 0 Å². The Kier molecular flexibility index (Phi) is 4.53. The number of benzene rings is 1. The molecule has 1 saturated carbocycles. The Bertz CT molecular complexity index is 527. The Balaban J connectivity index is 2.37. The van der Waals surface area contributed by atoms with Crippen LogP contribution in [0.3, 0.4) is 0 Å². The number of ketones is 1. The van der Waals surface area contributed by atoms with E-state index in [1.807, 2.05) is 12.1 Å². The van der Waals surface area contributed by atoms with Crippen LogP contribution >= 0.6 is 15.9 Å². The SMILES string of the molecule is CC(C)[C@@]1(C)CC[C@H](C)/C(=C/c2ccc(Br)cc2)C1=O. The third-order valence-electron chi connectivity index (χ3n) is 4.87. The van der Waals surface area contributed by atoms with Crippen molar-refractivity contribution in [2.75, 3.05) is 0 Å². The molecule has 0 aliphatic heterocycles. The maximum absolute atomic E-state index is 12.9. The Morgan fingerprint density at radius 2 is 1.90 bits per heavy atom. The molecule has 2 heteroatoms. The average Bonchev–Trinajstić information content (AvgIpc) is 2.41. The Morgan fingerprint density at radius 3 is 2.45 bits per heavy atom. The van der Waals surface area contributed by atoms with Gasteiger partial charge < -0.3 is 0 Å². The van der Waals surface area contributed by atoms with Gasteiger partial charge >= 0.3 is 0 Å². The van der Waals surface area contributed by atoms with Crippen molar-refractivity contribution in [2.45, 2.75) is 40.5 Å². The highest BCUT2D eigenvalue weighted by atomic mass is 79.9. The Hall–Kier alpha value is -0.890. The second kappa shape index (κ2) is 5.85. The molecular weight excluding hydrogens is 312 g/mol. The fraction of sp³-hybridized carbons (Fsp3) is 0.500. The lowest BCUT2D eigenvalue weighted by Gasteiger charge is -2.39. The molecule has 1 aromatic rings. The molecule has 1 aromatic carbocycles. The number of allylic oxidation sites excluding steroid dienone is 1. The van der Waals surface area contributed by atoms with Crippen molar-refractivity contribution in [2.24, 2.45) is 17.3 Å². The van der Waals surface area contributed by atoms with Crippen LogP contribution in [0.15, 0.2) is 34.3 Å². The number of halogens is 1. The number of hydrogen-bond acceptors (Lipinski definition) is 1. The lowest BCUT2D eigenvalue weighted by atomic mass is 9.63. The molecule has 20 heavy (non-hydrogen) atoms. The molecule has 0 spiro atoms. The van der Waals surface area contributed by atoms with Crippen LogP contribution in [-0.4, -0.2) is 5.78 Å². The van der Waals surface area contributed by atoms with E-state index >= 15 is 0 Å². The summed E-state index contributed by atoms with van der Waals surface area (Å²) in [5, 5.41) is 0. The maximum Gasteiger partial charge on any atom is 0.165 e. The largest absolute Gasteiger partial charge is 0.294 e. The first-order chi connectivity index (χ1) is 9.34. The van der Waals surface area contributed by atoms with Gasteiger partial charge in [-0.25, -0.2) is 0 Å². The van der Waals surface area contributed by atoms with Crippen LogP contribution in [-0.2, 0) is 4.79 Å². The minimum absolute atomic E-state index is 0.201. The van der Waals surface area contributed by atoms with Crippen molar-refractivity contribution in [1.82, 2.24) is 0 Å². The van der Waals surface area contributed by atoms with Crippen molar-refractivity contribution < 1.29 is 4.79 Å². The van der Waals surface area contributed by atoms with Crippen molar-refractivity contribution in [3.05, 3.63) is 39.9 Å². The third kappa shape index (κ3) is 2.90.